The van der Waals surface area contributed by atoms with Gasteiger partial charge in [0.05, 0.1) is 10.7 Å². The molecule has 0 aliphatic rings. The molecule has 0 radical (unpaired) electrons. The van der Waals surface area contributed by atoms with Gasteiger partial charge in [0.2, 0.25) is 0 Å². The van der Waals surface area contributed by atoms with Gasteiger partial charge in [-0.15, -0.1) is 24.9 Å². The average molecular weight is 376 g/mol. The molecule has 0 aromatic heterocycles. The van der Waals surface area contributed by atoms with Crippen molar-refractivity contribution >= 4 is 40.7 Å². The lowest BCUT2D eigenvalue weighted by molar-refractivity contribution is -0.274. The lowest BCUT2D eigenvalue weighted by Gasteiger charge is -2.14. The lowest BCUT2D eigenvalue weighted by atomic mass is 10.3. The number of benzene rings is 2. The molecule has 0 bridgehead atoms. The van der Waals surface area contributed by atoms with Crippen LogP contribution in [0.15, 0.2) is 47.4 Å². The Kier molecular flexibility index (Phi) is 5.84. The number of rotatable bonds is 4. The highest BCUT2D eigenvalue weighted by Crippen LogP contribution is 2.28. The van der Waals surface area contributed by atoms with Crippen molar-refractivity contribution in [2.24, 2.45) is 0 Å². The number of ether oxygens (including phenoxy) is 1. The Morgan fingerprint density at radius 3 is 2.58 bits per heavy atom. The van der Waals surface area contributed by atoms with E-state index in [1.807, 2.05) is 12.3 Å². The van der Waals surface area contributed by atoms with Gasteiger partial charge >= 0.3 is 6.36 Å². The maximum atomic E-state index is 12.2. The normalized spacial score (nSPS) is 11.0. The minimum absolute atomic E-state index is 0.140. The van der Waals surface area contributed by atoms with Crippen molar-refractivity contribution in [1.29, 1.82) is 5.41 Å². The first kappa shape index (κ1) is 18.3. The van der Waals surface area contributed by atoms with Gasteiger partial charge in [0, 0.05) is 16.6 Å². The van der Waals surface area contributed by atoms with Crippen LogP contribution >= 0.6 is 23.4 Å². The largest absolute Gasteiger partial charge is 0.573 e. The van der Waals surface area contributed by atoms with E-state index in [4.69, 9.17) is 17.0 Å². The zero-order valence-electron chi connectivity index (χ0n) is 12.4. The third-order valence-corrected chi connectivity index (χ3v) is 3.83. The Morgan fingerprint density at radius 1 is 1.17 bits per heavy atom. The van der Waals surface area contributed by atoms with Gasteiger partial charge < -0.3 is 15.4 Å². The fourth-order valence-electron chi connectivity index (χ4n) is 1.81. The van der Waals surface area contributed by atoms with E-state index in [-0.39, 0.29) is 17.4 Å². The summed E-state index contributed by atoms with van der Waals surface area (Å²) in [7, 11) is 0. The van der Waals surface area contributed by atoms with Gasteiger partial charge in [0.25, 0.3) is 0 Å². The second-order valence-corrected chi connectivity index (χ2v) is 5.83. The monoisotopic (exact) mass is 375 g/mol. The highest BCUT2D eigenvalue weighted by Gasteiger charge is 2.31. The van der Waals surface area contributed by atoms with Gasteiger partial charge in [-0.1, -0.05) is 17.7 Å². The maximum absolute atomic E-state index is 12.2. The van der Waals surface area contributed by atoms with Crippen molar-refractivity contribution in [1.82, 2.24) is 0 Å². The SMILES string of the molecule is CSc1ccc(Cl)c(NC(=N)Nc2cccc(OC(F)(F)F)c2)c1. The van der Waals surface area contributed by atoms with Crippen LogP contribution in [0, 0.1) is 5.41 Å². The molecule has 2 rings (SSSR count). The van der Waals surface area contributed by atoms with E-state index in [0.717, 1.165) is 11.0 Å². The zero-order valence-corrected chi connectivity index (χ0v) is 13.9. The van der Waals surface area contributed by atoms with Crippen LogP contribution in [-0.4, -0.2) is 18.6 Å². The fourth-order valence-corrected chi connectivity index (χ4v) is 2.41. The van der Waals surface area contributed by atoms with E-state index in [1.165, 1.54) is 30.0 Å². The molecule has 0 aliphatic heterocycles. The first-order valence-electron chi connectivity index (χ1n) is 6.59. The number of halogens is 4. The number of alkyl halides is 3. The molecule has 4 nitrogen and oxygen atoms in total. The molecular weight excluding hydrogens is 363 g/mol. The molecule has 0 aliphatic carbocycles. The molecule has 0 saturated carbocycles. The van der Waals surface area contributed by atoms with Crippen molar-refractivity contribution in [3.05, 3.63) is 47.5 Å². The molecule has 0 saturated heterocycles. The second kappa shape index (κ2) is 7.67. The van der Waals surface area contributed by atoms with E-state index in [9.17, 15) is 13.2 Å². The Hall–Kier alpha value is -2.06. The summed E-state index contributed by atoms with van der Waals surface area (Å²) in [6.07, 6.45) is -2.86. The van der Waals surface area contributed by atoms with Crippen molar-refractivity contribution in [2.45, 2.75) is 11.3 Å². The summed E-state index contributed by atoms with van der Waals surface area (Å²) >= 11 is 7.57. The number of hydrogen-bond acceptors (Lipinski definition) is 3. The van der Waals surface area contributed by atoms with Gasteiger partial charge in [-0.3, -0.25) is 5.41 Å². The van der Waals surface area contributed by atoms with Crippen LogP contribution in [0.4, 0.5) is 24.5 Å². The first-order chi connectivity index (χ1) is 11.3. The Morgan fingerprint density at radius 2 is 1.92 bits per heavy atom. The van der Waals surface area contributed by atoms with E-state index in [2.05, 4.69) is 15.4 Å². The van der Waals surface area contributed by atoms with Crippen LogP contribution in [-0.2, 0) is 0 Å². The van der Waals surface area contributed by atoms with E-state index >= 15 is 0 Å². The van der Waals surface area contributed by atoms with Gasteiger partial charge in [-0.2, -0.15) is 0 Å². The van der Waals surface area contributed by atoms with Crippen LogP contribution in [0.25, 0.3) is 0 Å². The number of anilines is 2. The highest BCUT2D eigenvalue weighted by molar-refractivity contribution is 7.98. The Balaban J connectivity index is 2.06. The van der Waals surface area contributed by atoms with Crippen LogP contribution in [0.1, 0.15) is 0 Å². The molecule has 9 heteroatoms. The molecule has 0 amide bonds. The summed E-state index contributed by atoms with van der Waals surface area (Å²) in [6.45, 7) is 0. The van der Waals surface area contributed by atoms with Crippen molar-refractivity contribution < 1.29 is 17.9 Å². The third-order valence-electron chi connectivity index (χ3n) is 2.77. The molecule has 0 spiro atoms. The van der Waals surface area contributed by atoms with E-state index < -0.39 is 6.36 Å². The summed E-state index contributed by atoms with van der Waals surface area (Å²) < 4.78 is 40.5. The molecule has 0 unspecified atom stereocenters. The average Bonchev–Trinajstić information content (AvgIpc) is 2.48. The summed E-state index contributed by atoms with van der Waals surface area (Å²) in [6, 6.07) is 10.5. The van der Waals surface area contributed by atoms with E-state index in [0.29, 0.717) is 10.7 Å². The first-order valence-corrected chi connectivity index (χ1v) is 8.19. The predicted octanol–water partition coefficient (Wildman–Crippen LogP) is 5.42. The van der Waals surface area contributed by atoms with Crippen LogP contribution < -0.4 is 15.4 Å². The quantitative estimate of drug-likeness (QED) is 0.379. The molecule has 0 fully saturated rings. The van der Waals surface area contributed by atoms with Crippen LogP contribution in [0.2, 0.25) is 5.02 Å². The molecule has 0 heterocycles. The number of guanidine groups is 1. The lowest BCUT2D eigenvalue weighted by Crippen LogP contribution is -2.21. The Bertz CT molecular complexity index is 740. The molecule has 3 N–H and O–H groups in total. The van der Waals surface area contributed by atoms with Crippen LogP contribution in [0.5, 0.6) is 5.75 Å². The number of thioether (sulfide) groups is 1. The topological polar surface area (TPSA) is 57.1 Å². The molecule has 2 aromatic rings. The molecule has 128 valence electrons. The molecular formula is C15H13ClF3N3OS. The third kappa shape index (κ3) is 5.54. The van der Waals surface area contributed by atoms with Gasteiger partial charge in [0.1, 0.15) is 5.75 Å². The second-order valence-electron chi connectivity index (χ2n) is 4.55. The predicted molar refractivity (Wildman–Crippen MR) is 91.3 cm³/mol. The summed E-state index contributed by atoms with van der Waals surface area (Å²) in [5, 5.41) is 13.7. The smallest absolute Gasteiger partial charge is 0.406 e. The number of hydrogen-bond donors (Lipinski definition) is 3. The highest BCUT2D eigenvalue weighted by atomic mass is 35.5. The molecule has 0 atom stereocenters. The van der Waals surface area contributed by atoms with Crippen molar-refractivity contribution in [3.8, 4) is 5.75 Å². The summed E-state index contributed by atoms with van der Waals surface area (Å²) in [4.78, 5) is 0.954. The standard InChI is InChI=1S/C15H13ClF3N3OS/c1-24-11-5-6-12(16)13(8-11)22-14(20)21-9-3-2-4-10(7-9)23-15(17,18)19/h2-8H,1H3,(H3,20,21,22). The van der Waals surface area contributed by atoms with Gasteiger partial charge in [-0.25, -0.2) is 0 Å². The minimum atomic E-state index is -4.77. The van der Waals surface area contributed by atoms with Gasteiger partial charge in [0.15, 0.2) is 5.96 Å². The Labute approximate surface area is 145 Å². The maximum Gasteiger partial charge on any atom is 0.573 e. The summed E-state index contributed by atoms with van der Waals surface area (Å²) in [5.41, 5.74) is 0.787. The zero-order chi connectivity index (χ0) is 17.7. The molecule has 2 aromatic carbocycles. The summed E-state index contributed by atoms with van der Waals surface area (Å²) in [5.74, 6) is -0.512. The molecule has 24 heavy (non-hydrogen) atoms. The van der Waals surface area contributed by atoms with Crippen molar-refractivity contribution in [2.75, 3.05) is 16.9 Å². The van der Waals surface area contributed by atoms with Crippen molar-refractivity contribution in [3.63, 3.8) is 0 Å². The minimum Gasteiger partial charge on any atom is -0.406 e. The number of nitrogens with one attached hydrogen (secondary N) is 3. The van der Waals surface area contributed by atoms with E-state index in [1.54, 1.807) is 12.1 Å². The van der Waals surface area contributed by atoms with Gasteiger partial charge in [-0.05, 0) is 36.6 Å². The fraction of sp³-hybridized carbons (Fsp3) is 0.133. The van der Waals surface area contributed by atoms with Crippen LogP contribution in [0.3, 0.4) is 0 Å².